The molecule has 0 bridgehead atoms. The lowest BCUT2D eigenvalue weighted by Crippen LogP contribution is -2.10. The molecule has 0 saturated carbocycles. The molecule has 0 spiro atoms. The number of para-hydroxylation sites is 7. The largest absolute Gasteiger partial charge is 0.310 e. The van der Waals surface area contributed by atoms with Crippen LogP contribution in [0.1, 0.15) is 0 Å². The van der Waals surface area contributed by atoms with Crippen LogP contribution in [0.5, 0.6) is 0 Å². The Morgan fingerprint density at radius 3 is 0.898 bits per heavy atom. The fraction of sp³-hybridized carbons (Fsp3) is 0. The molecule has 0 radical (unpaired) electrons. The lowest BCUT2D eigenvalue weighted by molar-refractivity contribution is 1.16. The number of benzene rings is 16. The molecule has 5 heterocycles. The summed E-state index contributed by atoms with van der Waals surface area (Å²) in [5, 5.41) is 17.2. The first kappa shape index (κ1) is 54.3. The normalized spacial score (nSPS) is 12.1. The van der Waals surface area contributed by atoms with Crippen LogP contribution in [0.2, 0.25) is 0 Å². The molecule has 16 aromatic carbocycles. The highest BCUT2D eigenvalue weighted by molar-refractivity contribution is 6.21. The lowest BCUT2D eigenvalue weighted by Gasteiger charge is -2.26. The summed E-state index contributed by atoms with van der Waals surface area (Å²) in [5.74, 6) is 0. The molecule has 0 saturated heterocycles. The molecule has 6 heteroatoms. The van der Waals surface area contributed by atoms with E-state index in [0.717, 1.165) is 50.8 Å². The zero-order valence-corrected chi connectivity index (χ0v) is 53.2. The van der Waals surface area contributed by atoms with Gasteiger partial charge in [-0.15, -0.1) is 0 Å². The zero-order valence-electron chi connectivity index (χ0n) is 53.2. The SMILES string of the molecule is c1ccc2c(-n3c4ccccc4c4cc5c(cc43)c3ccccc3n5-c3ccc(-c4ccc5c(c4)c4ccccc4n5-c4ccc(N(c5ccc(-n6c7ccccc7c7ccccc76)cc5)c5ccc(-n6c7ccccc7c7ccccc76)cc5)cc4)c4ccccc34)cccc2c1. The first-order chi connectivity index (χ1) is 48.6. The maximum Gasteiger partial charge on any atom is 0.0549 e. The summed E-state index contributed by atoms with van der Waals surface area (Å²) in [6, 6.07) is 130. The monoisotopic (exact) mass is 1250 g/mol. The quantitative estimate of drug-likeness (QED) is 0.142. The summed E-state index contributed by atoms with van der Waals surface area (Å²) in [6.07, 6.45) is 0. The number of aromatic nitrogens is 5. The van der Waals surface area contributed by atoms with Gasteiger partial charge in [-0.1, -0.05) is 200 Å². The first-order valence-corrected chi connectivity index (χ1v) is 33.7. The lowest BCUT2D eigenvalue weighted by atomic mass is 9.95. The van der Waals surface area contributed by atoms with E-state index in [9.17, 15) is 0 Å². The summed E-state index contributed by atoms with van der Waals surface area (Å²) < 4.78 is 12.2. The van der Waals surface area contributed by atoms with Crippen molar-refractivity contribution in [2.75, 3.05) is 4.90 Å². The van der Waals surface area contributed by atoms with E-state index in [1.807, 2.05) is 0 Å². The van der Waals surface area contributed by atoms with Crippen molar-refractivity contribution in [3.63, 3.8) is 0 Å². The van der Waals surface area contributed by atoms with E-state index in [4.69, 9.17) is 0 Å². The topological polar surface area (TPSA) is 27.9 Å². The van der Waals surface area contributed by atoms with Crippen molar-refractivity contribution in [1.29, 1.82) is 0 Å². The highest BCUT2D eigenvalue weighted by atomic mass is 15.1. The second-order valence-electron chi connectivity index (χ2n) is 26.0. The number of hydrogen-bond acceptors (Lipinski definition) is 1. The van der Waals surface area contributed by atoms with Gasteiger partial charge in [0.25, 0.3) is 0 Å². The molecule has 0 fully saturated rings. The summed E-state index contributed by atoms with van der Waals surface area (Å²) in [6.45, 7) is 0. The third kappa shape index (κ3) is 7.97. The zero-order chi connectivity index (χ0) is 64.1. The van der Waals surface area contributed by atoms with Crippen molar-refractivity contribution in [2.45, 2.75) is 0 Å². The van der Waals surface area contributed by atoms with Gasteiger partial charge in [0.05, 0.1) is 66.5 Å². The first-order valence-electron chi connectivity index (χ1n) is 33.7. The molecule has 0 aliphatic rings. The number of anilines is 3. The van der Waals surface area contributed by atoms with E-state index in [1.165, 1.54) is 136 Å². The van der Waals surface area contributed by atoms with E-state index in [1.54, 1.807) is 0 Å². The van der Waals surface area contributed by atoms with Gasteiger partial charge in [0.1, 0.15) is 0 Å². The molecule has 0 amide bonds. The van der Waals surface area contributed by atoms with Crippen LogP contribution < -0.4 is 4.90 Å². The summed E-state index contributed by atoms with van der Waals surface area (Å²) >= 11 is 0. The van der Waals surface area contributed by atoms with Crippen molar-refractivity contribution in [1.82, 2.24) is 22.8 Å². The van der Waals surface area contributed by atoms with Gasteiger partial charge in [-0.05, 0) is 174 Å². The summed E-state index contributed by atoms with van der Waals surface area (Å²) in [4.78, 5) is 2.38. The van der Waals surface area contributed by atoms with Gasteiger partial charge >= 0.3 is 0 Å². The van der Waals surface area contributed by atoms with Gasteiger partial charge in [-0.3, -0.25) is 0 Å². The van der Waals surface area contributed by atoms with Crippen LogP contribution in [-0.4, -0.2) is 22.8 Å². The molecule has 5 aromatic heterocycles. The number of nitrogens with zero attached hydrogens (tertiary/aromatic N) is 6. The van der Waals surface area contributed by atoms with Gasteiger partial charge in [-0.2, -0.15) is 0 Å². The maximum absolute atomic E-state index is 2.51. The molecule has 21 aromatic rings. The van der Waals surface area contributed by atoms with Crippen molar-refractivity contribution in [3.05, 3.63) is 352 Å². The van der Waals surface area contributed by atoms with E-state index in [2.05, 4.69) is 380 Å². The van der Waals surface area contributed by atoms with Crippen LogP contribution in [0.3, 0.4) is 0 Å². The molecule has 0 aliphatic carbocycles. The van der Waals surface area contributed by atoms with Crippen molar-refractivity contribution in [3.8, 4) is 39.6 Å². The maximum atomic E-state index is 2.51. The fourth-order valence-corrected chi connectivity index (χ4v) is 16.6. The highest BCUT2D eigenvalue weighted by Gasteiger charge is 2.24. The van der Waals surface area contributed by atoms with Crippen LogP contribution in [0.25, 0.3) is 170 Å². The number of rotatable bonds is 9. The Morgan fingerprint density at radius 1 is 0.173 bits per heavy atom. The Hall–Kier alpha value is -13.2. The van der Waals surface area contributed by atoms with Gasteiger partial charge < -0.3 is 27.7 Å². The number of hydrogen-bond donors (Lipinski definition) is 0. The summed E-state index contributed by atoms with van der Waals surface area (Å²) in [5.41, 5.74) is 23.0. The van der Waals surface area contributed by atoms with Gasteiger partial charge in [0.2, 0.25) is 0 Å². The standard InChI is InChI=1S/C92H58N6/c1-2-22-68-59(20-1)21-19-39-81(68)97-87-37-17-10-30-76(87)79-58-92-80(57-91(79)97)77-31-11-18-38-88(77)98(92)89-55-53-67(69-23-3-4-24-70(69)89)60-40-54-90-78(56-60)75-29-9-16-36-86(75)96(90)66-51-45-63(46-52-66)93(61-41-47-64(48-42-61)94-82-32-12-5-25-71(82)72-26-6-13-33-83(72)94)62-43-49-65(50-44-62)95-84-34-14-7-27-73(84)74-28-8-15-35-85(74)95/h1-58H. The smallest absolute Gasteiger partial charge is 0.0549 e. The van der Waals surface area contributed by atoms with Crippen LogP contribution in [0.4, 0.5) is 17.1 Å². The van der Waals surface area contributed by atoms with E-state index >= 15 is 0 Å². The Morgan fingerprint density at radius 2 is 0.480 bits per heavy atom. The fourth-order valence-electron chi connectivity index (χ4n) is 16.6. The minimum atomic E-state index is 1.06. The second-order valence-corrected chi connectivity index (χ2v) is 26.0. The molecule has 98 heavy (non-hydrogen) atoms. The van der Waals surface area contributed by atoms with Crippen molar-refractivity contribution in [2.24, 2.45) is 0 Å². The van der Waals surface area contributed by atoms with Gasteiger partial charge in [0.15, 0.2) is 0 Å². The molecule has 6 nitrogen and oxygen atoms in total. The highest BCUT2D eigenvalue weighted by Crippen LogP contribution is 2.46. The second kappa shape index (κ2) is 21.2. The van der Waals surface area contributed by atoms with Crippen LogP contribution in [-0.2, 0) is 0 Å². The average molecular weight is 1250 g/mol. The molecular formula is C92H58N6. The van der Waals surface area contributed by atoms with E-state index in [0.29, 0.717) is 0 Å². The minimum absolute atomic E-state index is 1.06. The summed E-state index contributed by atoms with van der Waals surface area (Å²) in [7, 11) is 0. The number of fused-ring (bicyclic) bond motifs is 17. The molecule has 0 N–H and O–H groups in total. The molecule has 0 aliphatic heterocycles. The predicted octanol–water partition coefficient (Wildman–Crippen LogP) is 24.6. The molecule has 456 valence electrons. The Kier molecular flexibility index (Phi) is 11.7. The molecular weight excluding hydrogens is 1190 g/mol. The van der Waals surface area contributed by atoms with Crippen LogP contribution in [0.15, 0.2) is 352 Å². The van der Waals surface area contributed by atoms with Gasteiger partial charge in [-0.25, -0.2) is 0 Å². The molecule has 0 unspecified atom stereocenters. The van der Waals surface area contributed by atoms with E-state index < -0.39 is 0 Å². The Bertz CT molecular complexity index is 6580. The van der Waals surface area contributed by atoms with Crippen molar-refractivity contribution < 1.29 is 0 Å². The third-order valence-corrected chi connectivity index (χ3v) is 20.9. The third-order valence-electron chi connectivity index (χ3n) is 20.9. The Labute approximate surface area is 563 Å². The predicted molar refractivity (Wildman–Crippen MR) is 413 cm³/mol. The Balaban J connectivity index is 0.674. The minimum Gasteiger partial charge on any atom is -0.310 e. The average Bonchev–Trinajstić information content (AvgIpc) is 1.55. The molecule has 21 rings (SSSR count). The van der Waals surface area contributed by atoms with E-state index in [-0.39, 0.29) is 0 Å². The van der Waals surface area contributed by atoms with Crippen molar-refractivity contribution >= 4 is 148 Å². The van der Waals surface area contributed by atoms with Crippen LogP contribution in [0, 0.1) is 0 Å². The van der Waals surface area contributed by atoms with Gasteiger partial charge in [0, 0.05) is 98.8 Å². The van der Waals surface area contributed by atoms with Crippen LogP contribution >= 0.6 is 0 Å². The molecule has 0 atom stereocenters.